The minimum atomic E-state index is -3.70. The van der Waals surface area contributed by atoms with Gasteiger partial charge in [0.05, 0.1) is 4.90 Å². The van der Waals surface area contributed by atoms with Gasteiger partial charge in [-0.2, -0.15) is 0 Å². The second-order valence-corrected chi connectivity index (χ2v) is 7.80. The fraction of sp³-hybridized carbons (Fsp3) is 0.417. The van der Waals surface area contributed by atoms with Crippen molar-refractivity contribution in [2.45, 2.75) is 18.2 Å². The van der Waals surface area contributed by atoms with Gasteiger partial charge in [-0.3, -0.25) is 4.79 Å². The summed E-state index contributed by atoms with van der Waals surface area (Å²) in [5, 5.41) is 0. The molecule has 1 aliphatic rings. The Labute approximate surface area is 121 Å². The van der Waals surface area contributed by atoms with Crippen LogP contribution in [0.5, 0.6) is 0 Å². The van der Waals surface area contributed by atoms with Gasteiger partial charge in [0.15, 0.2) is 0 Å². The molecule has 1 aliphatic carbocycles. The van der Waals surface area contributed by atoms with Crippen molar-refractivity contribution >= 4 is 38.5 Å². The molecule has 0 N–H and O–H groups in total. The van der Waals surface area contributed by atoms with Crippen LogP contribution in [0.25, 0.3) is 0 Å². The van der Waals surface area contributed by atoms with Crippen molar-refractivity contribution in [2.75, 3.05) is 7.05 Å². The van der Waals surface area contributed by atoms with Gasteiger partial charge in [-0.15, -0.1) is 0 Å². The summed E-state index contributed by atoms with van der Waals surface area (Å²) >= 11 is 2.10. The van der Waals surface area contributed by atoms with Crippen LogP contribution in [0.15, 0.2) is 29.2 Å². The number of hydrogen-bond donors (Lipinski definition) is 0. The van der Waals surface area contributed by atoms with Gasteiger partial charge in [-0.25, -0.2) is 12.7 Å². The van der Waals surface area contributed by atoms with Crippen LogP contribution in [-0.2, 0) is 14.8 Å². The Kier molecular flexibility index (Phi) is 3.68. The molecule has 2 atom stereocenters. The van der Waals surface area contributed by atoms with Crippen LogP contribution in [0.4, 0.5) is 0 Å². The van der Waals surface area contributed by atoms with Crippen molar-refractivity contribution in [2.24, 2.45) is 11.8 Å². The van der Waals surface area contributed by atoms with Crippen LogP contribution >= 0.6 is 22.6 Å². The van der Waals surface area contributed by atoms with Gasteiger partial charge in [0.2, 0.25) is 5.91 Å². The van der Waals surface area contributed by atoms with Gasteiger partial charge in [-0.05, 0) is 59.2 Å². The van der Waals surface area contributed by atoms with Gasteiger partial charge in [-0.1, -0.05) is 6.92 Å². The minimum Gasteiger partial charge on any atom is -0.273 e. The summed E-state index contributed by atoms with van der Waals surface area (Å²) in [7, 11) is -2.37. The Bertz CT molecular complexity index is 567. The van der Waals surface area contributed by atoms with Crippen LogP contribution in [-0.4, -0.2) is 25.7 Å². The first kappa shape index (κ1) is 13.8. The number of halogens is 1. The van der Waals surface area contributed by atoms with Crippen molar-refractivity contribution in [1.29, 1.82) is 0 Å². The molecule has 0 heterocycles. The molecule has 0 aliphatic heterocycles. The highest BCUT2D eigenvalue weighted by Crippen LogP contribution is 2.39. The average molecular weight is 379 g/mol. The second kappa shape index (κ2) is 4.80. The monoisotopic (exact) mass is 379 g/mol. The largest absolute Gasteiger partial charge is 0.273 e. The second-order valence-electron chi connectivity index (χ2n) is 4.58. The zero-order valence-electron chi connectivity index (χ0n) is 10.1. The Morgan fingerprint density at radius 3 is 2.28 bits per heavy atom. The molecular formula is C12H14INO3S. The maximum atomic E-state index is 12.2. The van der Waals surface area contributed by atoms with Crippen LogP contribution < -0.4 is 0 Å². The van der Waals surface area contributed by atoms with E-state index in [0.29, 0.717) is 5.92 Å². The van der Waals surface area contributed by atoms with Gasteiger partial charge in [0.1, 0.15) is 0 Å². The molecule has 0 unspecified atom stereocenters. The number of carbonyl (C=O) groups is 1. The average Bonchev–Trinajstić information content (AvgIpc) is 3.05. The number of sulfonamides is 1. The Balaban J connectivity index is 2.25. The van der Waals surface area contributed by atoms with E-state index in [1.807, 2.05) is 6.92 Å². The van der Waals surface area contributed by atoms with E-state index in [1.165, 1.54) is 19.2 Å². The molecule has 18 heavy (non-hydrogen) atoms. The summed E-state index contributed by atoms with van der Waals surface area (Å²) in [5.41, 5.74) is 0. The first-order valence-corrected chi connectivity index (χ1v) is 8.14. The number of benzene rings is 1. The van der Waals surface area contributed by atoms with Gasteiger partial charge in [0.25, 0.3) is 10.0 Å². The van der Waals surface area contributed by atoms with E-state index in [4.69, 9.17) is 0 Å². The quantitative estimate of drug-likeness (QED) is 0.756. The molecule has 6 heteroatoms. The zero-order valence-corrected chi connectivity index (χ0v) is 13.1. The van der Waals surface area contributed by atoms with Crippen LogP contribution in [0.3, 0.4) is 0 Å². The molecule has 0 spiro atoms. The first-order valence-electron chi connectivity index (χ1n) is 5.62. The normalized spacial score (nSPS) is 22.6. The molecule has 2 rings (SSSR count). The van der Waals surface area contributed by atoms with Gasteiger partial charge < -0.3 is 0 Å². The molecule has 4 nitrogen and oxygen atoms in total. The molecule has 0 radical (unpaired) electrons. The molecule has 1 aromatic carbocycles. The minimum absolute atomic E-state index is 0.131. The number of carbonyl (C=O) groups excluding carboxylic acids is 1. The van der Waals surface area contributed by atoms with Crippen LogP contribution in [0, 0.1) is 15.4 Å². The standard InChI is InChI=1S/C12H14INO3S/c1-8-7-11(8)12(15)14(2)18(16,17)10-5-3-9(13)4-6-10/h3-6,8,11H,7H2,1-2H3/t8-,11+/m1/s1. The Morgan fingerprint density at radius 1 is 1.33 bits per heavy atom. The predicted octanol–water partition coefficient (Wildman–Crippen LogP) is 2.09. The first-order chi connectivity index (χ1) is 8.34. The summed E-state index contributed by atoms with van der Waals surface area (Å²) in [5.74, 6) is -0.137. The maximum Gasteiger partial charge on any atom is 0.266 e. The topological polar surface area (TPSA) is 54.5 Å². The van der Waals surface area contributed by atoms with Crippen LogP contribution in [0.2, 0.25) is 0 Å². The van der Waals surface area contributed by atoms with Crippen molar-refractivity contribution < 1.29 is 13.2 Å². The highest BCUT2D eigenvalue weighted by molar-refractivity contribution is 14.1. The van der Waals surface area contributed by atoms with E-state index in [-0.39, 0.29) is 16.7 Å². The van der Waals surface area contributed by atoms with E-state index >= 15 is 0 Å². The summed E-state index contributed by atoms with van der Waals surface area (Å²) in [4.78, 5) is 12.1. The van der Waals surface area contributed by atoms with Crippen molar-refractivity contribution in [1.82, 2.24) is 4.31 Å². The summed E-state index contributed by atoms with van der Waals surface area (Å²) in [6, 6.07) is 6.48. The lowest BCUT2D eigenvalue weighted by Gasteiger charge is -2.17. The smallest absolute Gasteiger partial charge is 0.266 e. The molecular weight excluding hydrogens is 365 g/mol. The Hall–Kier alpha value is -0.630. The third-order valence-corrected chi connectivity index (χ3v) is 5.70. The third kappa shape index (κ3) is 2.54. The van der Waals surface area contributed by atoms with E-state index in [1.54, 1.807) is 12.1 Å². The molecule has 0 saturated heterocycles. The molecule has 0 aromatic heterocycles. The van der Waals surface area contributed by atoms with Gasteiger partial charge >= 0.3 is 0 Å². The third-order valence-electron chi connectivity index (χ3n) is 3.21. The number of hydrogen-bond acceptors (Lipinski definition) is 3. The summed E-state index contributed by atoms with van der Waals surface area (Å²) < 4.78 is 26.3. The number of amides is 1. The molecule has 1 aromatic rings. The maximum absolute atomic E-state index is 12.2. The molecule has 1 amide bonds. The lowest BCUT2D eigenvalue weighted by Crippen LogP contribution is -2.34. The lowest BCUT2D eigenvalue weighted by molar-refractivity contribution is -0.127. The predicted molar refractivity (Wildman–Crippen MR) is 76.4 cm³/mol. The zero-order chi connectivity index (χ0) is 13.5. The van der Waals surface area contributed by atoms with Gasteiger partial charge in [0, 0.05) is 16.5 Å². The summed E-state index contributed by atoms with van der Waals surface area (Å²) in [6.07, 6.45) is 0.783. The SMILES string of the molecule is C[C@@H]1C[C@@H]1C(=O)N(C)S(=O)(=O)c1ccc(I)cc1. The fourth-order valence-electron chi connectivity index (χ4n) is 1.78. The molecule has 1 fully saturated rings. The van der Waals surface area contributed by atoms with E-state index in [2.05, 4.69) is 22.6 Å². The van der Waals surface area contributed by atoms with E-state index < -0.39 is 10.0 Å². The molecule has 0 bridgehead atoms. The van der Waals surface area contributed by atoms with Crippen LogP contribution in [0.1, 0.15) is 13.3 Å². The highest BCUT2D eigenvalue weighted by Gasteiger charge is 2.43. The van der Waals surface area contributed by atoms with Crippen molar-refractivity contribution in [3.8, 4) is 0 Å². The lowest BCUT2D eigenvalue weighted by atomic mass is 10.3. The fourth-order valence-corrected chi connectivity index (χ4v) is 3.31. The number of nitrogens with zero attached hydrogens (tertiary/aromatic N) is 1. The summed E-state index contributed by atoms with van der Waals surface area (Å²) in [6.45, 7) is 1.95. The Morgan fingerprint density at radius 2 is 1.83 bits per heavy atom. The van der Waals surface area contributed by atoms with E-state index in [9.17, 15) is 13.2 Å². The van der Waals surface area contributed by atoms with Crippen molar-refractivity contribution in [3.63, 3.8) is 0 Å². The van der Waals surface area contributed by atoms with Crippen molar-refractivity contribution in [3.05, 3.63) is 27.8 Å². The molecule has 1 saturated carbocycles. The number of rotatable bonds is 3. The van der Waals surface area contributed by atoms with E-state index in [0.717, 1.165) is 14.3 Å². The highest BCUT2D eigenvalue weighted by atomic mass is 127. The molecule has 98 valence electrons.